The summed E-state index contributed by atoms with van der Waals surface area (Å²) in [7, 11) is 0. The van der Waals surface area contributed by atoms with Gasteiger partial charge in [-0.05, 0) is 42.9 Å². The first-order valence-electron chi connectivity index (χ1n) is 7.88. The van der Waals surface area contributed by atoms with Crippen molar-refractivity contribution in [3.05, 3.63) is 23.8 Å². The largest absolute Gasteiger partial charge is 0.341 e. The van der Waals surface area contributed by atoms with Gasteiger partial charge in [0.25, 0.3) is 0 Å². The van der Waals surface area contributed by atoms with Crippen LogP contribution in [0.5, 0.6) is 0 Å². The van der Waals surface area contributed by atoms with Gasteiger partial charge in [0.1, 0.15) is 0 Å². The van der Waals surface area contributed by atoms with E-state index in [1.807, 2.05) is 11.0 Å². The zero-order valence-corrected chi connectivity index (χ0v) is 14.2. The minimum atomic E-state index is 0.222. The number of aromatic nitrogens is 2. The third kappa shape index (κ3) is 3.46. The van der Waals surface area contributed by atoms with Gasteiger partial charge >= 0.3 is 0 Å². The van der Waals surface area contributed by atoms with Crippen molar-refractivity contribution < 1.29 is 4.79 Å². The van der Waals surface area contributed by atoms with Crippen LogP contribution in [0.4, 0.5) is 0 Å². The number of aryl methyl sites for hydroxylation is 1. The zero-order valence-electron chi connectivity index (χ0n) is 13.4. The first-order valence-corrected chi connectivity index (χ1v) is 8.87. The Kier molecular flexibility index (Phi) is 4.43. The summed E-state index contributed by atoms with van der Waals surface area (Å²) < 4.78 is 0. The van der Waals surface area contributed by atoms with E-state index in [4.69, 9.17) is 0 Å². The Morgan fingerprint density at radius 3 is 2.82 bits per heavy atom. The van der Waals surface area contributed by atoms with Crippen LogP contribution < -0.4 is 0 Å². The Morgan fingerprint density at radius 2 is 2.09 bits per heavy atom. The summed E-state index contributed by atoms with van der Waals surface area (Å²) in [5.74, 6) is 1.89. The summed E-state index contributed by atoms with van der Waals surface area (Å²) in [5, 5.41) is 0.826. The number of carbonyl (C=O) groups excluding carboxylic acids is 1. The van der Waals surface area contributed by atoms with Crippen molar-refractivity contribution in [2.45, 2.75) is 32.3 Å². The molecule has 3 rings (SSSR count). The molecule has 5 heteroatoms. The normalized spacial score (nSPS) is 22.2. The van der Waals surface area contributed by atoms with Gasteiger partial charge in [-0.15, -0.1) is 0 Å². The summed E-state index contributed by atoms with van der Waals surface area (Å²) >= 11 is 1.50. The highest BCUT2D eigenvalue weighted by atomic mass is 32.2. The summed E-state index contributed by atoms with van der Waals surface area (Å²) in [6.45, 7) is 8.30. The van der Waals surface area contributed by atoms with E-state index >= 15 is 0 Å². The molecule has 0 saturated carbocycles. The molecule has 2 atom stereocenters. The second-order valence-corrected chi connectivity index (χ2v) is 7.56. The summed E-state index contributed by atoms with van der Waals surface area (Å²) in [6, 6.07) is 6.16. The van der Waals surface area contributed by atoms with E-state index < -0.39 is 0 Å². The maximum atomic E-state index is 12.4. The van der Waals surface area contributed by atoms with Gasteiger partial charge in [-0.25, -0.2) is 4.98 Å². The van der Waals surface area contributed by atoms with Crippen LogP contribution in [0, 0.1) is 18.8 Å². The monoisotopic (exact) mass is 317 g/mol. The molecule has 4 nitrogen and oxygen atoms in total. The van der Waals surface area contributed by atoms with E-state index in [1.54, 1.807) is 0 Å². The fourth-order valence-corrected chi connectivity index (χ4v) is 4.04. The van der Waals surface area contributed by atoms with Crippen LogP contribution in [0.3, 0.4) is 0 Å². The summed E-state index contributed by atoms with van der Waals surface area (Å²) in [6.07, 6.45) is 1.22. The van der Waals surface area contributed by atoms with Crippen LogP contribution in [0.25, 0.3) is 11.0 Å². The Hall–Kier alpha value is -1.49. The van der Waals surface area contributed by atoms with Crippen molar-refractivity contribution in [1.82, 2.24) is 14.9 Å². The van der Waals surface area contributed by atoms with E-state index in [0.29, 0.717) is 17.6 Å². The molecule has 1 fully saturated rings. The molecular weight excluding hydrogens is 294 g/mol. The van der Waals surface area contributed by atoms with Crippen molar-refractivity contribution in [2.24, 2.45) is 11.8 Å². The number of imidazole rings is 1. The molecule has 0 aliphatic carbocycles. The Morgan fingerprint density at radius 1 is 1.36 bits per heavy atom. The predicted molar refractivity (Wildman–Crippen MR) is 91.1 cm³/mol. The van der Waals surface area contributed by atoms with E-state index in [9.17, 15) is 4.79 Å². The number of benzene rings is 1. The fourth-order valence-electron chi connectivity index (χ4n) is 3.26. The van der Waals surface area contributed by atoms with Gasteiger partial charge in [-0.1, -0.05) is 31.7 Å². The molecule has 0 spiro atoms. The highest BCUT2D eigenvalue weighted by molar-refractivity contribution is 7.99. The molecule has 2 heterocycles. The number of likely N-dealkylation sites (tertiary alicyclic amines) is 1. The van der Waals surface area contributed by atoms with E-state index in [0.717, 1.165) is 29.3 Å². The average Bonchev–Trinajstić information content (AvgIpc) is 2.85. The molecule has 0 radical (unpaired) electrons. The lowest BCUT2D eigenvalue weighted by Gasteiger charge is -2.34. The predicted octanol–water partition coefficient (Wildman–Crippen LogP) is 3.47. The van der Waals surface area contributed by atoms with E-state index in [2.05, 4.69) is 42.9 Å². The van der Waals surface area contributed by atoms with Crippen molar-refractivity contribution in [1.29, 1.82) is 0 Å². The van der Waals surface area contributed by atoms with Crippen molar-refractivity contribution in [3.63, 3.8) is 0 Å². The van der Waals surface area contributed by atoms with Crippen molar-refractivity contribution >= 4 is 28.7 Å². The standard InChI is InChI=1S/C17H23N3OS/c1-11-4-5-14-15(7-11)19-17(18-14)22-10-16(21)20-8-12(2)6-13(3)9-20/h4-5,7,12-13H,6,8-10H2,1-3H3,(H,18,19)/t12-,13-/m0/s1. The smallest absolute Gasteiger partial charge is 0.233 e. The molecule has 22 heavy (non-hydrogen) atoms. The molecule has 0 unspecified atom stereocenters. The van der Waals surface area contributed by atoms with Gasteiger partial charge in [-0.2, -0.15) is 0 Å². The van der Waals surface area contributed by atoms with Gasteiger partial charge in [0.05, 0.1) is 16.8 Å². The third-order valence-electron chi connectivity index (χ3n) is 4.17. The van der Waals surface area contributed by atoms with Gasteiger partial charge in [0.2, 0.25) is 5.91 Å². The number of aromatic amines is 1. The second kappa shape index (κ2) is 6.32. The van der Waals surface area contributed by atoms with Gasteiger partial charge in [-0.3, -0.25) is 4.79 Å². The first-order chi connectivity index (χ1) is 10.5. The minimum Gasteiger partial charge on any atom is -0.341 e. The lowest BCUT2D eigenvalue weighted by molar-refractivity contribution is -0.130. The molecule has 0 bridgehead atoms. The molecule has 1 amide bonds. The van der Waals surface area contributed by atoms with E-state index in [-0.39, 0.29) is 5.91 Å². The van der Waals surface area contributed by atoms with Crippen molar-refractivity contribution in [3.8, 4) is 0 Å². The SMILES string of the molecule is Cc1ccc2nc(SCC(=O)N3C[C@@H](C)C[C@H](C)C3)[nH]c2c1. The molecule has 1 aromatic heterocycles. The zero-order chi connectivity index (χ0) is 15.7. The van der Waals surface area contributed by atoms with Crippen LogP contribution in [0.15, 0.2) is 23.4 Å². The molecule has 1 saturated heterocycles. The maximum absolute atomic E-state index is 12.4. The van der Waals surface area contributed by atoms with Crippen LogP contribution in [-0.4, -0.2) is 39.6 Å². The minimum absolute atomic E-state index is 0.222. The van der Waals surface area contributed by atoms with Crippen LogP contribution in [0.1, 0.15) is 25.8 Å². The number of piperidine rings is 1. The molecule has 1 aliphatic heterocycles. The fraction of sp³-hybridized carbons (Fsp3) is 0.529. The number of nitrogens with zero attached hydrogens (tertiary/aromatic N) is 2. The number of H-pyrrole nitrogens is 1. The number of hydrogen-bond acceptors (Lipinski definition) is 3. The quantitative estimate of drug-likeness (QED) is 0.882. The molecule has 1 aromatic carbocycles. The van der Waals surface area contributed by atoms with Crippen LogP contribution in [0.2, 0.25) is 0 Å². The van der Waals surface area contributed by atoms with Gasteiger partial charge in [0.15, 0.2) is 5.16 Å². The summed E-state index contributed by atoms with van der Waals surface area (Å²) in [5.41, 5.74) is 3.20. The third-order valence-corrected chi connectivity index (χ3v) is 5.03. The number of hydrogen-bond donors (Lipinski definition) is 1. The molecule has 2 aromatic rings. The Labute approximate surface area is 135 Å². The molecular formula is C17H23N3OS. The molecule has 118 valence electrons. The van der Waals surface area contributed by atoms with E-state index in [1.165, 1.54) is 23.7 Å². The first kappa shape index (κ1) is 15.4. The Balaban J connectivity index is 1.62. The molecule has 1 aliphatic rings. The number of carbonyl (C=O) groups is 1. The van der Waals surface area contributed by atoms with Crippen LogP contribution >= 0.6 is 11.8 Å². The maximum Gasteiger partial charge on any atom is 0.233 e. The van der Waals surface area contributed by atoms with Crippen LogP contribution in [-0.2, 0) is 4.79 Å². The summed E-state index contributed by atoms with van der Waals surface area (Å²) in [4.78, 5) is 22.2. The topological polar surface area (TPSA) is 49.0 Å². The average molecular weight is 317 g/mol. The lowest BCUT2D eigenvalue weighted by atomic mass is 9.92. The van der Waals surface area contributed by atoms with Crippen molar-refractivity contribution in [2.75, 3.05) is 18.8 Å². The number of thioether (sulfide) groups is 1. The molecule has 1 N–H and O–H groups in total. The van der Waals surface area contributed by atoms with Gasteiger partial charge < -0.3 is 9.88 Å². The highest BCUT2D eigenvalue weighted by Gasteiger charge is 2.25. The Bertz CT molecular complexity index is 672. The number of rotatable bonds is 3. The number of fused-ring (bicyclic) bond motifs is 1. The lowest BCUT2D eigenvalue weighted by Crippen LogP contribution is -2.43. The highest BCUT2D eigenvalue weighted by Crippen LogP contribution is 2.24. The second-order valence-electron chi connectivity index (χ2n) is 6.60. The number of nitrogens with one attached hydrogen (secondary N) is 1. The number of amides is 1. The van der Waals surface area contributed by atoms with Gasteiger partial charge in [0, 0.05) is 13.1 Å².